The number of amides is 1. The van der Waals surface area contributed by atoms with Crippen molar-refractivity contribution in [3.8, 4) is 6.07 Å². The first kappa shape index (κ1) is 15.8. The molecule has 0 saturated carbocycles. The number of thioether (sulfide) groups is 1. The quantitative estimate of drug-likeness (QED) is 0.921. The number of carbonyl (C=O) groups is 1. The normalized spacial score (nSPS) is 18.0. The molecule has 0 bridgehead atoms. The van der Waals surface area contributed by atoms with E-state index in [4.69, 9.17) is 5.26 Å². The zero-order valence-corrected chi connectivity index (χ0v) is 12.8. The van der Waals surface area contributed by atoms with Gasteiger partial charge in [-0.2, -0.15) is 17.0 Å². The predicted octanol–water partition coefficient (Wildman–Crippen LogP) is 1.75. The van der Waals surface area contributed by atoms with Gasteiger partial charge in [0.1, 0.15) is 5.82 Å². The van der Waals surface area contributed by atoms with Crippen LogP contribution in [0.5, 0.6) is 0 Å². The van der Waals surface area contributed by atoms with E-state index in [0.717, 1.165) is 18.1 Å². The first-order valence-corrected chi connectivity index (χ1v) is 7.99. The standard InChI is InChI=1S/C15H18FN3OS/c1-19(15(20)7-13-10-21-5-4-18-13)9-12-6-11(8-17)2-3-14(12)16/h2-3,6,13,18H,4-5,7,9-10H2,1H3. The topological polar surface area (TPSA) is 56.1 Å². The summed E-state index contributed by atoms with van der Waals surface area (Å²) in [6.07, 6.45) is 0.420. The number of hydrogen-bond donors (Lipinski definition) is 1. The van der Waals surface area contributed by atoms with Crippen LogP contribution >= 0.6 is 11.8 Å². The average molecular weight is 307 g/mol. The number of carbonyl (C=O) groups excluding carboxylic acids is 1. The van der Waals surface area contributed by atoms with Gasteiger partial charge in [-0.3, -0.25) is 4.79 Å². The van der Waals surface area contributed by atoms with Gasteiger partial charge in [0.2, 0.25) is 5.91 Å². The molecule has 1 N–H and O–H groups in total. The molecule has 1 unspecified atom stereocenters. The molecule has 0 spiro atoms. The van der Waals surface area contributed by atoms with Crippen LogP contribution in [-0.4, -0.2) is 41.9 Å². The van der Waals surface area contributed by atoms with Gasteiger partial charge in [0, 0.05) is 49.7 Å². The maximum Gasteiger partial charge on any atom is 0.224 e. The van der Waals surface area contributed by atoms with Crippen LogP contribution in [-0.2, 0) is 11.3 Å². The van der Waals surface area contributed by atoms with Crippen molar-refractivity contribution in [3.05, 3.63) is 35.1 Å². The lowest BCUT2D eigenvalue weighted by Crippen LogP contribution is -2.41. The molecule has 0 aliphatic carbocycles. The van der Waals surface area contributed by atoms with Crippen molar-refractivity contribution >= 4 is 17.7 Å². The molecule has 0 radical (unpaired) electrons. The minimum absolute atomic E-state index is 0.0169. The maximum atomic E-state index is 13.7. The Bertz CT molecular complexity index is 552. The summed E-state index contributed by atoms with van der Waals surface area (Å²) in [7, 11) is 1.66. The molecule has 1 aromatic carbocycles. The lowest BCUT2D eigenvalue weighted by molar-refractivity contribution is -0.130. The van der Waals surface area contributed by atoms with E-state index < -0.39 is 0 Å². The molecule has 112 valence electrons. The number of benzene rings is 1. The molecule has 1 atom stereocenters. The average Bonchev–Trinajstić information content (AvgIpc) is 2.50. The highest BCUT2D eigenvalue weighted by Gasteiger charge is 2.19. The fraction of sp³-hybridized carbons (Fsp3) is 0.467. The van der Waals surface area contributed by atoms with E-state index in [1.165, 1.54) is 23.1 Å². The monoisotopic (exact) mass is 307 g/mol. The van der Waals surface area contributed by atoms with E-state index in [2.05, 4.69) is 5.32 Å². The second-order valence-electron chi connectivity index (χ2n) is 5.10. The van der Waals surface area contributed by atoms with Crippen LogP contribution in [0.25, 0.3) is 0 Å². The van der Waals surface area contributed by atoms with Gasteiger partial charge in [-0.05, 0) is 18.2 Å². The summed E-state index contributed by atoms with van der Waals surface area (Å²) in [6.45, 7) is 1.10. The molecule has 6 heteroatoms. The number of halogens is 1. The van der Waals surface area contributed by atoms with Gasteiger partial charge >= 0.3 is 0 Å². The summed E-state index contributed by atoms with van der Waals surface area (Å²) in [6, 6.07) is 6.37. The fourth-order valence-electron chi connectivity index (χ4n) is 2.23. The first-order valence-electron chi connectivity index (χ1n) is 6.83. The van der Waals surface area contributed by atoms with E-state index in [1.807, 2.05) is 17.8 Å². The highest BCUT2D eigenvalue weighted by molar-refractivity contribution is 7.99. The van der Waals surface area contributed by atoms with Crippen LogP contribution in [0, 0.1) is 17.1 Å². The highest BCUT2D eigenvalue weighted by Crippen LogP contribution is 2.15. The Morgan fingerprint density at radius 2 is 2.43 bits per heavy atom. The van der Waals surface area contributed by atoms with Crippen LogP contribution in [0.15, 0.2) is 18.2 Å². The predicted molar refractivity (Wildman–Crippen MR) is 81.3 cm³/mol. The van der Waals surface area contributed by atoms with E-state index in [9.17, 15) is 9.18 Å². The summed E-state index contributed by atoms with van der Waals surface area (Å²) in [5.74, 6) is 1.60. The summed E-state index contributed by atoms with van der Waals surface area (Å²) in [4.78, 5) is 13.7. The van der Waals surface area contributed by atoms with Gasteiger partial charge < -0.3 is 10.2 Å². The largest absolute Gasteiger partial charge is 0.341 e. The molecule has 4 nitrogen and oxygen atoms in total. The second-order valence-corrected chi connectivity index (χ2v) is 6.25. The van der Waals surface area contributed by atoms with Crippen molar-refractivity contribution in [2.45, 2.75) is 19.0 Å². The lowest BCUT2D eigenvalue weighted by atomic mass is 10.1. The molecule has 1 fully saturated rings. The molecule has 1 saturated heterocycles. The number of nitrogens with one attached hydrogen (secondary N) is 1. The van der Waals surface area contributed by atoms with E-state index in [0.29, 0.717) is 17.5 Å². The van der Waals surface area contributed by atoms with Gasteiger partial charge in [-0.25, -0.2) is 4.39 Å². The molecule has 1 aliphatic heterocycles. The van der Waals surface area contributed by atoms with E-state index in [-0.39, 0.29) is 24.3 Å². The van der Waals surface area contributed by atoms with Gasteiger partial charge in [0.15, 0.2) is 0 Å². The van der Waals surface area contributed by atoms with Crippen LogP contribution in [0.3, 0.4) is 0 Å². The summed E-state index contributed by atoms with van der Waals surface area (Å²) >= 11 is 1.84. The lowest BCUT2D eigenvalue weighted by Gasteiger charge is -2.25. The van der Waals surface area contributed by atoms with Crippen molar-refractivity contribution in [2.75, 3.05) is 25.1 Å². The molecule has 1 aliphatic rings. The zero-order chi connectivity index (χ0) is 15.2. The summed E-state index contributed by atoms with van der Waals surface area (Å²) < 4.78 is 13.7. The number of hydrogen-bond acceptors (Lipinski definition) is 4. The van der Waals surface area contributed by atoms with E-state index in [1.54, 1.807) is 7.05 Å². The molecule has 0 aromatic heterocycles. The van der Waals surface area contributed by atoms with Crippen LogP contribution in [0.4, 0.5) is 4.39 Å². The van der Waals surface area contributed by atoms with Crippen LogP contribution in [0.2, 0.25) is 0 Å². The Morgan fingerprint density at radius 1 is 1.62 bits per heavy atom. The fourth-order valence-corrected chi connectivity index (χ4v) is 3.18. The van der Waals surface area contributed by atoms with Crippen molar-refractivity contribution in [3.63, 3.8) is 0 Å². The van der Waals surface area contributed by atoms with Crippen molar-refractivity contribution in [2.24, 2.45) is 0 Å². The van der Waals surface area contributed by atoms with Gasteiger partial charge in [0.25, 0.3) is 0 Å². The Morgan fingerprint density at radius 3 is 3.10 bits per heavy atom. The van der Waals surface area contributed by atoms with Crippen LogP contribution in [0.1, 0.15) is 17.5 Å². The zero-order valence-electron chi connectivity index (χ0n) is 11.9. The van der Waals surface area contributed by atoms with Crippen LogP contribution < -0.4 is 5.32 Å². The van der Waals surface area contributed by atoms with Gasteiger partial charge in [-0.15, -0.1) is 0 Å². The second kappa shape index (κ2) is 7.43. The maximum absolute atomic E-state index is 13.7. The number of nitrogens with zero attached hydrogens (tertiary/aromatic N) is 2. The number of rotatable bonds is 4. The SMILES string of the molecule is CN(Cc1cc(C#N)ccc1F)C(=O)CC1CSCCN1. The van der Waals surface area contributed by atoms with E-state index >= 15 is 0 Å². The van der Waals surface area contributed by atoms with Gasteiger partial charge in [0.05, 0.1) is 11.6 Å². The Hall–Kier alpha value is -1.58. The minimum Gasteiger partial charge on any atom is -0.341 e. The Balaban J connectivity index is 1.95. The molecular formula is C15H18FN3OS. The molecule has 2 rings (SSSR count). The molecular weight excluding hydrogens is 289 g/mol. The molecule has 1 heterocycles. The smallest absolute Gasteiger partial charge is 0.224 e. The molecule has 21 heavy (non-hydrogen) atoms. The molecule has 1 aromatic rings. The minimum atomic E-state index is -0.389. The third-order valence-electron chi connectivity index (χ3n) is 3.43. The summed E-state index contributed by atoms with van der Waals surface area (Å²) in [5.41, 5.74) is 0.772. The highest BCUT2D eigenvalue weighted by atomic mass is 32.2. The Kier molecular flexibility index (Phi) is 5.59. The Labute approximate surface area is 128 Å². The first-order chi connectivity index (χ1) is 10.1. The number of nitriles is 1. The molecule has 1 amide bonds. The third-order valence-corrected chi connectivity index (χ3v) is 4.56. The van der Waals surface area contributed by atoms with Crippen molar-refractivity contribution < 1.29 is 9.18 Å². The van der Waals surface area contributed by atoms with Gasteiger partial charge in [-0.1, -0.05) is 0 Å². The summed E-state index contributed by atoms with van der Waals surface area (Å²) in [5, 5.41) is 12.2. The van der Waals surface area contributed by atoms with Crippen molar-refractivity contribution in [1.29, 1.82) is 5.26 Å². The third kappa shape index (κ3) is 4.45. The van der Waals surface area contributed by atoms with Crippen molar-refractivity contribution in [1.82, 2.24) is 10.2 Å².